The second kappa shape index (κ2) is 8.84. The Morgan fingerprint density at radius 1 is 0.368 bits per heavy atom. The van der Waals surface area contributed by atoms with Gasteiger partial charge in [-0.15, -0.1) is 0 Å². The predicted octanol–water partition coefficient (Wildman–Crippen LogP) is 11.1. The molecule has 0 atom stereocenters. The lowest BCUT2D eigenvalue weighted by molar-refractivity contribution is 0.592. The van der Waals surface area contributed by atoms with Crippen molar-refractivity contribution in [1.82, 2.24) is 0 Å². The molecule has 0 nitrogen and oxygen atoms in total. The summed E-state index contributed by atoms with van der Waals surface area (Å²) in [6.45, 7) is 13.9. The molecule has 0 heteroatoms. The highest BCUT2D eigenvalue weighted by Gasteiger charge is 2.25. The minimum Gasteiger partial charge on any atom is -0.0619 e. The first-order valence-electron chi connectivity index (χ1n) is 13.7. The van der Waals surface area contributed by atoms with Gasteiger partial charge in [-0.3, -0.25) is 0 Å². The highest BCUT2D eigenvalue weighted by Crippen LogP contribution is 2.48. The van der Waals surface area contributed by atoms with Crippen LogP contribution in [-0.2, 0) is 10.8 Å². The van der Waals surface area contributed by atoms with E-state index >= 15 is 0 Å². The van der Waals surface area contributed by atoms with Gasteiger partial charge in [0.15, 0.2) is 0 Å². The van der Waals surface area contributed by atoms with Crippen molar-refractivity contribution >= 4 is 32.3 Å². The zero-order chi connectivity index (χ0) is 26.7. The third-order valence-electron chi connectivity index (χ3n) is 7.90. The first kappa shape index (κ1) is 24.4. The number of rotatable bonds is 2. The predicted molar refractivity (Wildman–Crippen MR) is 167 cm³/mol. The Morgan fingerprint density at radius 2 is 0.711 bits per heavy atom. The quantitative estimate of drug-likeness (QED) is 0.211. The summed E-state index contributed by atoms with van der Waals surface area (Å²) in [4.78, 5) is 0. The first-order valence-corrected chi connectivity index (χ1v) is 13.7. The Kier molecular flexibility index (Phi) is 5.69. The highest BCUT2D eigenvalue weighted by atomic mass is 14.3. The minimum absolute atomic E-state index is 0.0262. The third kappa shape index (κ3) is 4.00. The molecule has 0 saturated heterocycles. The molecule has 0 unspecified atom stereocenters. The van der Waals surface area contributed by atoms with Crippen LogP contribution in [0.1, 0.15) is 52.7 Å². The molecule has 0 aliphatic carbocycles. The van der Waals surface area contributed by atoms with Gasteiger partial charge >= 0.3 is 0 Å². The van der Waals surface area contributed by atoms with Crippen LogP contribution in [0.25, 0.3) is 54.6 Å². The van der Waals surface area contributed by atoms with Gasteiger partial charge in [0.25, 0.3) is 0 Å². The monoisotopic (exact) mass is 492 g/mol. The smallest absolute Gasteiger partial charge is 0.00232 e. The van der Waals surface area contributed by atoms with Gasteiger partial charge in [-0.25, -0.2) is 0 Å². The van der Waals surface area contributed by atoms with E-state index in [0.717, 1.165) is 0 Å². The first-order chi connectivity index (χ1) is 18.1. The normalized spacial score (nSPS) is 12.5. The summed E-state index contributed by atoms with van der Waals surface area (Å²) in [5, 5.41) is 7.81. The van der Waals surface area contributed by atoms with Gasteiger partial charge in [0.2, 0.25) is 0 Å². The lowest BCUT2D eigenvalue weighted by Crippen LogP contribution is -2.13. The molecule has 0 aromatic heterocycles. The molecule has 188 valence electrons. The Bertz CT molecular complexity index is 1690. The lowest BCUT2D eigenvalue weighted by atomic mass is 9.76. The van der Waals surface area contributed by atoms with Crippen molar-refractivity contribution in [3.8, 4) is 22.3 Å². The third-order valence-corrected chi connectivity index (χ3v) is 7.90. The number of hydrogen-bond acceptors (Lipinski definition) is 0. The van der Waals surface area contributed by atoms with Crippen molar-refractivity contribution in [3.63, 3.8) is 0 Å². The molecule has 0 amide bonds. The molecule has 38 heavy (non-hydrogen) atoms. The second-order valence-corrected chi connectivity index (χ2v) is 12.6. The van der Waals surface area contributed by atoms with Gasteiger partial charge in [0, 0.05) is 0 Å². The van der Waals surface area contributed by atoms with E-state index in [-0.39, 0.29) is 10.8 Å². The van der Waals surface area contributed by atoms with E-state index in [9.17, 15) is 0 Å². The summed E-state index contributed by atoms with van der Waals surface area (Å²) in [7, 11) is 0. The number of benzene rings is 6. The van der Waals surface area contributed by atoms with Crippen molar-refractivity contribution < 1.29 is 0 Å². The van der Waals surface area contributed by atoms with Crippen LogP contribution in [-0.4, -0.2) is 0 Å². The fourth-order valence-electron chi connectivity index (χ4n) is 6.15. The van der Waals surface area contributed by atoms with Gasteiger partial charge in [-0.05, 0) is 88.7 Å². The summed E-state index contributed by atoms with van der Waals surface area (Å²) >= 11 is 0. The van der Waals surface area contributed by atoms with E-state index in [1.54, 1.807) is 0 Å². The maximum atomic E-state index is 2.43. The van der Waals surface area contributed by atoms with Crippen molar-refractivity contribution in [3.05, 3.63) is 120 Å². The summed E-state index contributed by atoms with van der Waals surface area (Å²) in [5.74, 6) is 0. The Hall–Kier alpha value is -3.90. The molecule has 6 aromatic rings. The van der Waals surface area contributed by atoms with Gasteiger partial charge < -0.3 is 0 Å². The average Bonchev–Trinajstić information content (AvgIpc) is 2.89. The van der Waals surface area contributed by atoms with Crippen molar-refractivity contribution in [2.24, 2.45) is 0 Å². The van der Waals surface area contributed by atoms with Crippen LogP contribution in [0, 0.1) is 0 Å². The lowest BCUT2D eigenvalue weighted by Gasteiger charge is -2.27. The minimum atomic E-state index is 0.0262. The zero-order valence-corrected chi connectivity index (χ0v) is 23.4. The summed E-state index contributed by atoms with van der Waals surface area (Å²) < 4.78 is 0. The molecule has 0 heterocycles. The van der Waals surface area contributed by atoms with Crippen LogP contribution in [0.15, 0.2) is 109 Å². The number of fused-ring (bicyclic) bond motifs is 3. The summed E-state index contributed by atoms with van der Waals surface area (Å²) in [6, 6.07) is 40.6. The van der Waals surface area contributed by atoms with Crippen molar-refractivity contribution in [2.75, 3.05) is 0 Å². The summed E-state index contributed by atoms with van der Waals surface area (Å²) in [5.41, 5.74) is 8.13. The van der Waals surface area contributed by atoms with Crippen LogP contribution in [0.2, 0.25) is 0 Å². The Labute approximate surface area is 227 Å². The second-order valence-electron chi connectivity index (χ2n) is 12.6. The van der Waals surface area contributed by atoms with Gasteiger partial charge in [0.1, 0.15) is 0 Å². The van der Waals surface area contributed by atoms with Crippen molar-refractivity contribution in [1.29, 1.82) is 0 Å². The molecular formula is C38H36. The van der Waals surface area contributed by atoms with E-state index < -0.39 is 0 Å². The SMILES string of the molecule is CC(C)(C)c1ccccc1-c1c2ccccc2c(-c2ccccc2C(C)(C)C)c2cc3ccccc3cc12. The standard InChI is InChI=1S/C38H36/c1-37(2,3)33-21-13-11-19-29(33)35-27-17-9-10-18-28(27)36(30-20-12-14-22-34(30)38(4,5)6)32-24-26-16-8-7-15-25(26)23-31(32)35/h7-24H,1-6H3. The molecule has 6 rings (SSSR count). The van der Waals surface area contributed by atoms with Crippen LogP contribution < -0.4 is 0 Å². The maximum absolute atomic E-state index is 2.43. The van der Waals surface area contributed by atoms with Gasteiger partial charge in [-0.2, -0.15) is 0 Å². The van der Waals surface area contributed by atoms with E-state index in [0.29, 0.717) is 0 Å². The van der Waals surface area contributed by atoms with Crippen LogP contribution >= 0.6 is 0 Å². The fraction of sp³-hybridized carbons (Fsp3) is 0.211. The van der Waals surface area contributed by atoms with Gasteiger partial charge in [0.05, 0.1) is 0 Å². The van der Waals surface area contributed by atoms with E-state index in [1.807, 2.05) is 0 Å². The molecule has 0 radical (unpaired) electrons. The summed E-state index contributed by atoms with van der Waals surface area (Å²) in [6.07, 6.45) is 0. The Morgan fingerprint density at radius 3 is 1.11 bits per heavy atom. The van der Waals surface area contributed by atoms with Crippen LogP contribution in [0.3, 0.4) is 0 Å². The molecule has 0 spiro atoms. The maximum Gasteiger partial charge on any atom is -0.00232 e. The molecular weight excluding hydrogens is 456 g/mol. The molecule has 0 aliphatic rings. The molecule has 0 N–H and O–H groups in total. The average molecular weight is 493 g/mol. The molecule has 0 aliphatic heterocycles. The topological polar surface area (TPSA) is 0 Å². The van der Waals surface area contributed by atoms with E-state index in [2.05, 4.69) is 151 Å². The molecule has 0 fully saturated rings. The molecule has 6 aromatic carbocycles. The Balaban J connectivity index is 1.89. The molecule has 0 bridgehead atoms. The van der Waals surface area contributed by atoms with Crippen LogP contribution in [0.4, 0.5) is 0 Å². The largest absolute Gasteiger partial charge is 0.0619 e. The zero-order valence-electron chi connectivity index (χ0n) is 23.4. The number of hydrogen-bond donors (Lipinski definition) is 0. The van der Waals surface area contributed by atoms with E-state index in [4.69, 9.17) is 0 Å². The van der Waals surface area contributed by atoms with E-state index in [1.165, 1.54) is 65.7 Å². The molecule has 0 saturated carbocycles. The highest BCUT2D eigenvalue weighted by molar-refractivity contribution is 6.24. The van der Waals surface area contributed by atoms with Gasteiger partial charge in [-0.1, -0.05) is 139 Å². The fourth-order valence-corrected chi connectivity index (χ4v) is 6.15. The van der Waals surface area contributed by atoms with Crippen molar-refractivity contribution in [2.45, 2.75) is 52.4 Å². The van der Waals surface area contributed by atoms with Crippen LogP contribution in [0.5, 0.6) is 0 Å².